The lowest BCUT2D eigenvalue weighted by Crippen LogP contribution is -2.53. The largest absolute Gasteiger partial charge is 0.368 e. The summed E-state index contributed by atoms with van der Waals surface area (Å²) in [7, 11) is 0. The smallest absolute Gasteiger partial charge is 0.256 e. The van der Waals surface area contributed by atoms with E-state index in [0.29, 0.717) is 48.9 Å². The molecule has 0 bridgehead atoms. The summed E-state index contributed by atoms with van der Waals surface area (Å²) < 4.78 is 5.70. The number of amides is 3. The Bertz CT molecular complexity index is 1200. The third-order valence-corrected chi connectivity index (χ3v) is 7.11. The van der Waals surface area contributed by atoms with Crippen LogP contribution in [-0.2, 0) is 19.1 Å². The van der Waals surface area contributed by atoms with E-state index in [1.807, 2.05) is 43.3 Å². The van der Waals surface area contributed by atoms with Gasteiger partial charge in [0.2, 0.25) is 11.8 Å². The lowest BCUT2D eigenvalue weighted by molar-refractivity contribution is -0.127. The predicted octanol–water partition coefficient (Wildman–Crippen LogP) is 5.11. The van der Waals surface area contributed by atoms with E-state index < -0.39 is 6.10 Å². The maximum absolute atomic E-state index is 13.5. The van der Waals surface area contributed by atoms with Crippen molar-refractivity contribution < 1.29 is 19.1 Å². The number of hydrogen-bond acceptors (Lipinski definition) is 5. The van der Waals surface area contributed by atoms with Crippen molar-refractivity contribution in [1.82, 2.24) is 0 Å². The van der Waals surface area contributed by atoms with E-state index in [9.17, 15) is 14.4 Å². The lowest BCUT2D eigenvalue weighted by atomic mass is 9.99. The van der Waals surface area contributed by atoms with Gasteiger partial charge in [-0.05, 0) is 68.3 Å². The first-order valence-electron chi connectivity index (χ1n) is 13.0. The molecule has 3 amide bonds. The van der Waals surface area contributed by atoms with Crippen LogP contribution in [0.15, 0.2) is 41.4 Å². The van der Waals surface area contributed by atoms with Crippen molar-refractivity contribution in [2.45, 2.75) is 65.5 Å². The molecule has 2 atom stereocenters. The molecule has 37 heavy (non-hydrogen) atoms. The predicted molar refractivity (Wildman–Crippen MR) is 148 cm³/mol. The summed E-state index contributed by atoms with van der Waals surface area (Å²) in [6.07, 6.45) is 2.94. The molecule has 196 valence electrons. The number of aliphatic imine (C=N–C) groups is 1. The maximum Gasteiger partial charge on any atom is 0.256 e. The number of fused-ring (bicyclic) bond motifs is 1. The van der Waals surface area contributed by atoms with Crippen LogP contribution in [0.3, 0.4) is 0 Å². The van der Waals surface area contributed by atoms with E-state index in [1.165, 1.54) is 0 Å². The minimum atomic E-state index is -0.458. The summed E-state index contributed by atoms with van der Waals surface area (Å²) in [5, 5.41) is 0. The molecule has 0 aromatic heterocycles. The Morgan fingerprint density at radius 1 is 1.11 bits per heavy atom. The van der Waals surface area contributed by atoms with Crippen LogP contribution in [0, 0.1) is 0 Å². The molecule has 2 aliphatic rings. The molecule has 0 saturated carbocycles. The minimum absolute atomic E-state index is 0.0552. The van der Waals surface area contributed by atoms with Crippen molar-refractivity contribution in [2.24, 2.45) is 4.99 Å². The Morgan fingerprint density at radius 2 is 1.84 bits per heavy atom. The Morgan fingerprint density at radius 3 is 2.46 bits per heavy atom. The van der Waals surface area contributed by atoms with Gasteiger partial charge in [-0.15, -0.1) is 0 Å². The Balaban J connectivity index is 1.80. The van der Waals surface area contributed by atoms with Crippen molar-refractivity contribution in [3.8, 4) is 11.1 Å². The summed E-state index contributed by atoms with van der Waals surface area (Å²) in [6, 6.07) is 11.4. The second-order valence-corrected chi connectivity index (χ2v) is 9.78. The molecule has 0 spiro atoms. The van der Waals surface area contributed by atoms with Crippen molar-refractivity contribution in [2.75, 3.05) is 34.4 Å². The second-order valence-electron chi connectivity index (χ2n) is 9.78. The van der Waals surface area contributed by atoms with Crippen molar-refractivity contribution in [3.63, 3.8) is 0 Å². The molecular formula is C29H36N4O4. The Labute approximate surface area is 218 Å². The van der Waals surface area contributed by atoms with E-state index in [-0.39, 0.29) is 23.8 Å². The topological polar surface area (TPSA) is 82.5 Å². The van der Waals surface area contributed by atoms with Gasteiger partial charge in [0, 0.05) is 33.5 Å². The third kappa shape index (κ3) is 5.30. The fourth-order valence-electron chi connectivity index (χ4n) is 5.26. The van der Waals surface area contributed by atoms with Gasteiger partial charge in [-0.1, -0.05) is 25.5 Å². The molecule has 2 aromatic rings. The monoisotopic (exact) mass is 504 g/mol. The molecule has 2 heterocycles. The fraction of sp³-hybridized carbons (Fsp3) is 0.448. The second kappa shape index (κ2) is 11.3. The van der Waals surface area contributed by atoms with E-state index in [1.54, 1.807) is 28.5 Å². The summed E-state index contributed by atoms with van der Waals surface area (Å²) in [4.78, 5) is 47.9. The maximum atomic E-state index is 13.5. The van der Waals surface area contributed by atoms with Crippen molar-refractivity contribution in [1.29, 1.82) is 0 Å². The van der Waals surface area contributed by atoms with Crippen LogP contribution in [0.2, 0.25) is 0 Å². The van der Waals surface area contributed by atoms with Gasteiger partial charge < -0.3 is 19.4 Å². The van der Waals surface area contributed by atoms with Crippen LogP contribution in [-0.4, -0.2) is 56.3 Å². The van der Waals surface area contributed by atoms with Crippen LogP contribution < -0.4 is 14.7 Å². The molecule has 0 N–H and O–H groups in total. The number of carbonyl (C=O) groups is 3. The highest BCUT2D eigenvalue weighted by Gasteiger charge is 2.37. The molecule has 2 unspecified atom stereocenters. The molecule has 0 radical (unpaired) electrons. The number of nitrogens with zero attached hydrogens (tertiary/aromatic N) is 4. The number of hydrogen-bond donors (Lipinski definition) is 0. The number of anilines is 3. The SMILES string of the molecule is C=Nc1ccc(-c2ccc3c(c2)N(C(=O)C2CCCO2)CC(C)N3C(C)=O)cc1N(CCCC)C(C)=O. The molecule has 8 nitrogen and oxygen atoms in total. The molecule has 4 rings (SSSR count). The molecule has 0 aliphatic carbocycles. The molecule has 2 aromatic carbocycles. The van der Waals surface area contributed by atoms with Gasteiger partial charge in [0.15, 0.2) is 0 Å². The highest BCUT2D eigenvalue weighted by molar-refractivity contribution is 6.06. The van der Waals surface area contributed by atoms with Gasteiger partial charge in [0.25, 0.3) is 5.91 Å². The zero-order chi connectivity index (χ0) is 26.7. The van der Waals surface area contributed by atoms with Crippen molar-refractivity contribution in [3.05, 3.63) is 36.4 Å². The molecule has 1 saturated heterocycles. The number of benzene rings is 2. The zero-order valence-electron chi connectivity index (χ0n) is 22.2. The summed E-state index contributed by atoms with van der Waals surface area (Å²) in [5.74, 6) is -0.192. The zero-order valence-corrected chi connectivity index (χ0v) is 22.2. The minimum Gasteiger partial charge on any atom is -0.368 e. The van der Waals surface area contributed by atoms with Crippen LogP contribution in [0.1, 0.15) is 53.4 Å². The van der Waals surface area contributed by atoms with Crippen LogP contribution in [0.5, 0.6) is 0 Å². The first-order valence-corrected chi connectivity index (χ1v) is 13.0. The van der Waals surface area contributed by atoms with Gasteiger partial charge in [-0.3, -0.25) is 19.4 Å². The highest BCUT2D eigenvalue weighted by atomic mass is 16.5. The van der Waals surface area contributed by atoms with Gasteiger partial charge in [-0.2, -0.15) is 0 Å². The number of carbonyl (C=O) groups excluding carboxylic acids is 3. The summed E-state index contributed by atoms with van der Waals surface area (Å²) in [6.45, 7) is 12.4. The van der Waals surface area contributed by atoms with Gasteiger partial charge in [-0.25, -0.2) is 0 Å². The Hall–Kier alpha value is -3.52. The third-order valence-electron chi connectivity index (χ3n) is 7.11. The van der Waals surface area contributed by atoms with E-state index in [0.717, 1.165) is 30.4 Å². The van der Waals surface area contributed by atoms with Crippen LogP contribution in [0.25, 0.3) is 11.1 Å². The highest BCUT2D eigenvalue weighted by Crippen LogP contribution is 2.41. The van der Waals surface area contributed by atoms with Crippen LogP contribution in [0.4, 0.5) is 22.7 Å². The van der Waals surface area contributed by atoms with E-state index in [2.05, 4.69) is 18.6 Å². The number of unbranched alkanes of at least 4 members (excludes halogenated alkanes) is 1. The first-order chi connectivity index (χ1) is 17.8. The van der Waals surface area contributed by atoms with Gasteiger partial charge in [0.1, 0.15) is 6.10 Å². The van der Waals surface area contributed by atoms with E-state index >= 15 is 0 Å². The Kier molecular flexibility index (Phi) is 8.07. The number of rotatable bonds is 7. The van der Waals surface area contributed by atoms with Crippen molar-refractivity contribution >= 4 is 47.2 Å². The quantitative estimate of drug-likeness (QED) is 0.491. The van der Waals surface area contributed by atoms with Crippen LogP contribution >= 0.6 is 0 Å². The summed E-state index contributed by atoms with van der Waals surface area (Å²) in [5.41, 5.74) is 4.49. The average Bonchev–Trinajstić information content (AvgIpc) is 3.42. The number of ether oxygens (including phenoxy) is 1. The standard InChI is InChI=1S/C29H36N4O4/c1-6-7-14-31(20(3)34)26-16-22(10-12-24(26)30-5)23-11-13-25-27(17-23)32(18-19(2)33(25)21(4)35)29(36)28-9-8-15-37-28/h10-13,16-17,19,28H,5-9,14-15,18H2,1-4H3. The molecular weight excluding hydrogens is 468 g/mol. The lowest BCUT2D eigenvalue weighted by Gasteiger charge is -2.41. The molecule has 1 fully saturated rings. The summed E-state index contributed by atoms with van der Waals surface area (Å²) >= 11 is 0. The average molecular weight is 505 g/mol. The normalized spacial score (nSPS) is 18.9. The molecule has 2 aliphatic heterocycles. The first kappa shape index (κ1) is 26.5. The molecule has 8 heteroatoms. The van der Waals surface area contributed by atoms with E-state index in [4.69, 9.17) is 4.74 Å². The van der Waals surface area contributed by atoms with Gasteiger partial charge >= 0.3 is 0 Å². The van der Waals surface area contributed by atoms with Gasteiger partial charge in [0.05, 0.1) is 28.8 Å². The fourth-order valence-corrected chi connectivity index (χ4v) is 5.26.